The van der Waals surface area contributed by atoms with Crippen LogP contribution >= 0.6 is 11.5 Å². The number of carbonyl (C=O) groups excluding carboxylic acids is 1. The highest BCUT2D eigenvalue weighted by atomic mass is 32.1. The number of amidine groups is 1. The molecular formula is C8H11N5O2S. The SMILES string of the molecule is NC(=NO)C(NC(=O)c1csnn1)C1CC1. The molecule has 1 aliphatic rings. The lowest BCUT2D eigenvalue weighted by Crippen LogP contribution is -2.46. The van der Waals surface area contributed by atoms with Gasteiger partial charge in [-0.3, -0.25) is 4.79 Å². The fourth-order valence-electron chi connectivity index (χ4n) is 1.40. The monoisotopic (exact) mass is 241 g/mol. The van der Waals surface area contributed by atoms with Crippen LogP contribution in [0.3, 0.4) is 0 Å². The van der Waals surface area contributed by atoms with Gasteiger partial charge in [0.15, 0.2) is 11.5 Å². The van der Waals surface area contributed by atoms with Gasteiger partial charge in [0.1, 0.15) is 0 Å². The number of nitrogens with zero attached hydrogens (tertiary/aromatic N) is 3. The Hall–Kier alpha value is -1.70. The first kappa shape index (κ1) is 10.8. The van der Waals surface area contributed by atoms with Gasteiger partial charge in [-0.05, 0) is 30.3 Å². The Balaban J connectivity index is 2.03. The molecule has 0 spiro atoms. The minimum atomic E-state index is -0.417. The first-order valence-electron chi connectivity index (χ1n) is 4.77. The highest BCUT2D eigenvalue weighted by Gasteiger charge is 2.35. The summed E-state index contributed by atoms with van der Waals surface area (Å²) >= 11 is 1.10. The van der Waals surface area contributed by atoms with Crippen molar-refractivity contribution in [1.29, 1.82) is 0 Å². The molecule has 1 aromatic heterocycles. The number of amides is 1. The van der Waals surface area contributed by atoms with Gasteiger partial charge in [-0.15, -0.1) is 5.10 Å². The van der Waals surface area contributed by atoms with Crippen molar-refractivity contribution in [3.63, 3.8) is 0 Å². The molecule has 1 amide bonds. The molecule has 1 aliphatic carbocycles. The van der Waals surface area contributed by atoms with Crippen molar-refractivity contribution in [2.24, 2.45) is 16.8 Å². The number of nitrogens with two attached hydrogens (primary N) is 1. The fourth-order valence-corrected chi connectivity index (χ4v) is 1.84. The van der Waals surface area contributed by atoms with Crippen LogP contribution in [0, 0.1) is 5.92 Å². The van der Waals surface area contributed by atoms with E-state index in [-0.39, 0.29) is 23.4 Å². The third-order valence-corrected chi connectivity index (χ3v) is 2.91. The first-order valence-corrected chi connectivity index (χ1v) is 5.61. The number of nitrogens with one attached hydrogen (secondary N) is 1. The molecule has 86 valence electrons. The van der Waals surface area contributed by atoms with Gasteiger partial charge in [-0.25, -0.2) is 0 Å². The van der Waals surface area contributed by atoms with Crippen LogP contribution in [0.5, 0.6) is 0 Å². The zero-order chi connectivity index (χ0) is 11.5. The largest absolute Gasteiger partial charge is 0.409 e. The van der Waals surface area contributed by atoms with Crippen molar-refractivity contribution in [1.82, 2.24) is 14.9 Å². The van der Waals surface area contributed by atoms with Crippen molar-refractivity contribution in [3.8, 4) is 0 Å². The van der Waals surface area contributed by atoms with Crippen molar-refractivity contribution in [2.75, 3.05) is 0 Å². The van der Waals surface area contributed by atoms with Gasteiger partial charge in [0, 0.05) is 5.38 Å². The molecule has 1 unspecified atom stereocenters. The lowest BCUT2D eigenvalue weighted by atomic mass is 10.1. The van der Waals surface area contributed by atoms with E-state index in [0.29, 0.717) is 0 Å². The highest BCUT2D eigenvalue weighted by Crippen LogP contribution is 2.32. The van der Waals surface area contributed by atoms with Gasteiger partial charge < -0.3 is 16.3 Å². The molecule has 1 fully saturated rings. The minimum Gasteiger partial charge on any atom is -0.409 e. The summed E-state index contributed by atoms with van der Waals surface area (Å²) in [6.45, 7) is 0. The van der Waals surface area contributed by atoms with Crippen molar-refractivity contribution >= 4 is 23.3 Å². The molecule has 0 aromatic carbocycles. The van der Waals surface area contributed by atoms with Crippen molar-refractivity contribution in [3.05, 3.63) is 11.1 Å². The van der Waals surface area contributed by atoms with Gasteiger partial charge >= 0.3 is 0 Å². The molecular weight excluding hydrogens is 230 g/mol. The number of oxime groups is 1. The molecule has 0 bridgehead atoms. The molecule has 0 aliphatic heterocycles. The van der Waals surface area contributed by atoms with Gasteiger partial charge in [-0.1, -0.05) is 9.64 Å². The molecule has 0 saturated heterocycles. The van der Waals surface area contributed by atoms with E-state index in [1.165, 1.54) is 0 Å². The molecule has 16 heavy (non-hydrogen) atoms. The molecule has 1 saturated carbocycles. The molecule has 0 radical (unpaired) electrons. The molecule has 1 atom stereocenters. The van der Waals surface area contributed by atoms with Crippen LogP contribution < -0.4 is 11.1 Å². The minimum absolute atomic E-state index is 0.0269. The second-order valence-corrected chi connectivity index (χ2v) is 4.21. The molecule has 1 aromatic rings. The summed E-state index contributed by atoms with van der Waals surface area (Å²) in [5.74, 6) is -0.0669. The summed E-state index contributed by atoms with van der Waals surface area (Å²) in [5, 5.41) is 19.4. The summed E-state index contributed by atoms with van der Waals surface area (Å²) in [4.78, 5) is 11.7. The number of hydrogen-bond acceptors (Lipinski definition) is 6. The van der Waals surface area contributed by atoms with Crippen LogP contribution in [0.2, 0.25) is 0 Å². The fraction of sp³-hybridized carbons (Fsp3) is 0.500. The van der Waals surface area contributed by atoms with Crippen LogP contribution in [0.25, 0.3) is 0 Å². The van der Waals surface area contributed by atoms with E-state index in [4.69, 9.17) is 10.9 Å². The third kappa shape index (κ3) is 2.27. The van der Waals surface area contributed by atoms with E-state index in [0.717, 1.165) is 24.4 Å². The van der Waals surface area contributed by atoms with E-state index in [1.54, 1.807) is 5.38 Å². The third-order valence-electron chi connectivity index (χ3n) is 2.41. The average Bonchev–Trinajstić information content (AvgIpc) is 2.98. The maximum absolute atomic E-state index is 11.7. The van der Waals surface area contributed by atoms with Gasteiger partial charge in [0.2, 0.25) is 0 Å². The van der Waals surface area contributed by atoms with Crippen molar-refractivity contribution < 1.29 is 10.0 Å². The van der Waals surface area contributed by atoms with Crippen LogP contribution in [-0.2, 0) is 0 Å². The molecule has 7 nitrogen and oxygen atoms in total. The second-order valence-electron chi connectivity index (χ2n) is 3.60. The zero-order valence-corrected chi connectivity index (χ0v) is 9.15. The average molecular weight is 241 g/mol. The predicted molar refractivity (Wildman–Crippen MR) is 57.3 cm³/mol. The summed E-state index contributed by atoms with van der Waals surface area (Å²) in [5.41, 5.74) is 5.76. The second kappa shape index (κ2) is 4.44. The molecule has 1 heterocycles. The Labute approximate surface area is 95.5 Å². The quantitative estimate of drug-likeness (QED) is 0.292. The lowest BCUT2D eigenvalue weighted by Gasteiger charge is -2.15. The lowest BCUT2D eigenvalue weighted by molar-refractivity contribution is 0.0938. The van der Waals surface area contributed by atoms with Gasteiger partial charge in [0.05, 0.1) is 6.04 Å². The van der Waals surface area contributed by atoms with E-state index >= 15 is 0 Å². The maximum Gasteiger partial charge on any atom is 0.273 e. The van der Waals surface area contributed by atoms with Crippen molar-refractivity contribution in [2.45, 2.75) is 18.9 Å². The Morgan fingerprint density at radius 3 is 3.00 bits per heavy atom. The number of rotatable bonds is 4. The van der Waals surface area contributed by atoms with Crippen LogP contribution in [-0.4, -0.2) is 32.6 Å². The topological polar surface area (TPSA) is 113 Å². The number of aromatic nitrogens is 2. The van der Waals surface area contributed by atoms with Crippen LogP contribution in [0.15, 0.2) is 10.5 Å². The molecule has 4 N–H and O–H groups in total. The van der Waals surface area contributed by atoms with Gasteiger partial charge in [-0.2, -0.15) is 0 Å². The predicted octanol–water partition coefficient (Wildman–Crippen LogP) is -0.207. The summed E-state index contributed by atoms with van der Waals surface area (Å²) in [7, 11) is 0. The Morgan fingerprint density at radius 2 is 2.50 bits per heavy atom. The van der Waals surface area contributed by atoms with Gasteiger partial charge in [0.25, 0.3) is 5.91 Å². The summed E-state index contributed by atoms with van der Waals surface area (Å²) in [6, 6.07) is -0.417. The Kier molecular flexibility index (Phi) is 3.00. The van der Waals surface area contributed by atoms with E-state index in [1.807, 2.05) is 0 Å². The maximum atomic E-state index is 11.7. The normalized spacial score (nSPS) is 18.1. The summed E-state index contributed by atoms with van der Waals surface area (Å²) < 4.78 is 3.60. The molecule has 8 heteroatoms. The smallest absolute Gasteiger partial charge is 0.273 e. The Bertz CT molecular complexity index is 401. The number of carbonyl (C=O) groups is 1. The summed E-state index contributed by atoms with van der Waals surface area (Å²) in [6.07, 6.45) is 1.94. The van der Waals surface area contributed by atoms with E-state index in [9.17, 15) is 4.79 Å². The van der Waals surface area contributed by atoms with E-state index in [2.05, 4.69) is 20.1 Å². The highest BCUT2D eigenvalue weighted by molar-refractivity contribution is 7.03. The van der Waals surface area contributed by atoms with Crippen LogP contribution in [0.4, 0.5) is 0 Å². The van der Waals surface area contributed by atoms with Crippen LogP contribution in [0.1, 0.15) is 23.3 Å². The number of hydrogen-bond donors (Lipinski definition) is 3. The van der Waals surface area contributed by atoms with E-state index < -0.39 is 6.04 Å². The molecule has 2 rings (SSSR count). The zero-order valence-electron chi connectivity index (χ0n) is 8.33. The standard InChI is InChI=1S/C8H11N5O2S/c9-7(12-15)6(4-1-2-4)10-8(14)5-3-16-13-11-5/h3-4,6,15H,1-2H2,(H2,9,12)(H,10,14). The Morgan fingerprint density at radius 1 is 1.75 bits per heavy atom. The first-order chi connectivity index (χ1) is 7.72.